The molecule has 1 aromatic carbocycles. The number of benzene rings is 1. The van der Waals surface area contributed by atoms with Crippen molar-refractivity contribution >= 4 is 33.2 Å². The van der Waals surface area contributed by atoms with Crippen LogP contribution in [0.2, 0.25) is 0 Å². The number of rotatable bonds is 2. The van der Waals surface area contributed by atoms with Crippen molar-refractivity contribution in [1.82, 2.24) is 4.98 Å². The average molecular weight is 284 g/mol. The molecule has 1 aromatic heterocycles. The lowest BCUT2D eigenvalue weighted by molar-refractivity contribution is 0.0702. The topological polar surface area (TPSA) is 50.2 Å². The van der Waals surface area contributed by atoms with Gasteiger partial charge in [-0.25, -0.2) is 9.78 Å². The number of aromatic carboxylic acids is 1. The predicted molar refractivity (Wildman–Crippen MR) is 62.2 cm³/mol. The summed E-state index contributed by atoms with van der Waals surface area (Å²) in [5.74, 6) is -0.936. The molecule has 0 unspecified atom stereocenters. The van der Waals surface area contributed by atoms with Crippen LogP contribution in [-0.4, -0.2) is 16.1 Å². The molecule has 0 aliphatic heterocycles. The van der Waals surface area contributed by atoms with Gasteiger partial charge in [-0.15, -0.1) is 11.3 Å². The van der Waals surface area contributed by atoms with Crippen molar-refractivity contribution in [3.8, 4) is 10.6 Å². The molecule has 0 aliphatic carbocycles. The standard InChI is InChI=1S/C10H6BrNO2S/c11-7-3-1-2-6(4-7)9-12-5-8(15-9)10(13)14/h1-5H,(H,13,14). The number of nitrogens with zero attached hydrogens (tertiary/aromatic N) is 1. The number of carbonyl (C=O) groups is 1. The predicted octanol–water partition coefficient (Wildman–Crippen LogP) is 3.27. The second-order valence-corrected chi connectivity index (χ2v) is 4.79. The number of hydrogen-bond acceptors (Lipinski definition) is 3. The summed E-state index contributed by atoms with van der Waals surface area (Å²) in [6.45, 7) is 0. The Balaban J connectivity index is 2.41. The largest absolute Gasteiger partial charge is 0.477 e. The molecule has 1 N–H and O–H groups in total. The first kappa shape index (κ1) is 10.3. The second-order valence-electron chi connectivity index (χ2n) is 2.85. The van der Waals surface area contributed by atoms with E-state index < -0.39 is 5.97 Å². The number of carboxylic acids is 1. The van der Waals surface area contributed by atoms with Gasteiger partial charge in [-0.1, -0.05) is 28.1 Å². The Morgan fingerprint density at radius 3 is 2.87 bits per heavy atom. The zero-order valence-corrected chi connectivity index (χ0v) is 9.88. The Morgan fingerprint density at radius 1 is 1.47 bits per heavy atom. The lowest BCUT2D eigenvalue weighted by Gasteiger charge is -1.95. The van der Waals surface area contributed by atoms with Gasteiger partial charge in [0.25, 0.3) is 0 Å². The molecule has 0 radical (unpaired) electrons. The summed E-state index contributed by atoms with van der Waals surface area (Å²) in [5, 5.41) is 9.48. The third-order valence-electron chi connectivity index (χ3n) is 1.79. The van der Waals surface area contributed by atoms with Crippen molar-refractivity contribution in [2.45, 2.75) is 0 Å². The molecule has 0 atom stereocenters. The fourth-order valence-corrected chi connectivity index (χ4v) is 2.28. The minimum atomic E-state index is -0.936. The van der Waals surface area contributed by atoms with Gasteiger partial charge in [-0.2, -0.15) is 0 Å². The van der Waals surface area contributed by atoms with Gasteiger partial charge in [0.1, 0.15) is 9.88 Å². The van der Waals surface area contributed by atoms with Gasteiger partial charge in [0, 0.05) is 10.0 Å². The molecule has 0 fully saturated rings. The molecule has 1 heterocycles. The first-order valence-electron chi connectivity index (χ1n) is 4.12. The zero-order valence-electron chi connectivity index (χ0n) is 7.48. The SMILES string of the molecule is O=C(O)c1cnc(-c2cccc(Br)c2)s1. The van der Waals surface area contributed by atoms with E-state index in [0.29, 0.717) is 5.01 Å². The Labute approximate surface area is 98.5 Å². The van der Waals surface area contributed by atoms with Gasteiger partial charge in [0.15, 0.2) is 0 Å². The number of halogens is 1. The van der Waals surface area contributed by atoms with Gasteiger partial charge in [-0.3, -0.25) is 0 Å². The van der Waals surface area contributed by atoms with Crippen LogP contribution in [0.4, 0.5) is 0 Å². The third-order valence-corrected chi connectivity index (χ3v) is 3.32. The molecular formula is C10H6BrNO2S. The Kier molecular flexibility index (Phi) is 2.83. The summed E-state index contributed by atoms with van der Waals surface area (Å²) in [6, 6.07) is 7.61. The molecule has 0 bridgehead atoms. The Bertz CT molecular complexity index is 510. The Hall–Kier alpha value is -1.20. The maximum atomic E-state index is 10.7. The highest BCUT2D eigenvalue weighted by molar-refractivity contribution is 9.10. The van der Waals surface area contributed by atoms with E-state index in [1.54, 1.807) is 0 Å². The average Bonchev–Trinajstić information content (AvgIpc) is 2.66. The molecular weight excluding hydrogens is 278 g/mol. The first-order valence-corrected chi connectivity index (χ1v) is 5.73. The van der Waals surface area contributed by atoms with E-state index >= 15 is 0 Å². The smallest absolute Gasteiger partial charge is 0.347 e. The van der Waals surface area contributed by atoms with Crippen LogP contribution >= 0.6 is 27.3 Å². The normalized spacial score (nSPS) is 10.2. The summed E-state index contributed by atoms with van der Waals surface area (Å²) in [4.78, 5) is 15.0. The van der Waals surface area contributed by atoms with Crippen LogP contribution in [0, 0.1) is 0 Å². The van der Waals surface area contributed by atoms with Gasteiger partial charge < -0.3 is 5.11 Å². The summed E-state index contributed by atoms with van der Waals surface area (Å²) in [6.07, 6.45) is 1.38. The van der Waals surface area contributed by atoms with Crippen molar-refractivity contribution in [2.24, 2.45) is 0 Å². The van der Waals surface area contributed by atoms with Gasteiger partial charge in [0.05, 0.1) is 6.20 Å². The molecule has 2 rings (SSSR count). The minimum Gasteiger partial charge on any atom is -0.477 e. The van der Waals surface area contributed by atoms with Crippen LogP contribution in [0.3, 0.4) is 0 Å². The monoisotopic (exact) mass is 283 g/mol. The van der Waals surface area contributed by atoms with E-state index in [0.717, 1.165) is 10.0 Å². The van der Waals surface area contributed by atoms with Crippen molar-refractivity contribution in [3.63, 3.8) is 0 Å². The molecule has 2 aromatic rings. The van der Waals surface area contributed by atoms with Crippen LogP contribution in [-0.2, 0) is 0 Å². The highest BCUT2D eigenvalue weighted by Crippen LogP contribution is 2.27. The highest BCUT2D eigenvalue weighted by atomic mass is 79.9. The van der Waals surface area contributed by atoms with E-state index in [-0.39, 0.29) is 4.88 Å². The van der Waals surface area contributed by atoms with Crippen molar-refractivity contribution < 1.29 is 9.90 Å². The number of carboxylic acid groups (broad SMARTS) is 1. The van der Waals surface area contributed by atoms with E-state index in [1.807, 2.05) is 24.3 Å². The van der Waals surface area contributed by atoms with Crippen LogP contribution < -0.4 is 0 Å². The lowest BCUT2D eigenvalue weighted by Crippen LogP contribution is -1.89. The van der Waals surface area contributed by atoms with E-state index in [1.165, 1.54) is 17.5 Å². The number of hydrogen-bond donors (Lipinski definition) is 1. The zero-order chi connectivity index (χ0) is 10.8. The van der Waals surface area contributed by atoms with Gasteiger partial charge in [-0.05, 0) is 12.1 Å². The maximum absolute atomic E-state index is 10.7. The van der Waals surface area contributed by atoms with Crippen molar-refractivity contribution in [2.75, 3.05) is 0 Å². The van der Waals surface area contributed by atoms with Crippen molar-refractivity contribution in [1.29, 1.82) is 0 Å². The Morgan fingerprint density at radius 2 is 2.27 bits per heavy atom. The first-order chi connectivity index (χ1) is 7.16. The molecule has 0 amide bonds. The fourth-order valence-electron chi connectivity index (χ4n) is 1.13. The summed E-state index contributed by atoms with van der Waals surface area (Å²) >= 11 is 4.53. The molecule has 0 saturated carbocycles. The summed E-state index contributed by atoms with van der Waals surface area (Å²) < 4.78 is 0.951. The highest BCUT2D eigenvalue weighted by Gasteiger charge is 2.09. The maximum Gasteiger partial charge on any atom is 0.347 e. The van der Waals surface area contributed by atoms with Crippen LogP contribution in [0.25, 0.3) is 10.6 Å². The quantitative estimate of drug-likeness (QED) is 0.920. The van der Waals surface area contributed by atoms with Crippen molar-refractivity contribution in [3.05, 3.63) is 39.8 Å². The summed E-state index contributed by atoms with van der Waals surface area (Å²) in [5.41, 5.74) is 0.918. The summed E-state index contributed by atoms with van der Waals surface area (Å²) in [7, 11) is 0. The molecule has 0 saturated heterocycles. The fraction of sp³-hybridized carbons (Fsp3) is 0. The van der Waals surface area contributed by atoms with Crippen LogP contribution in [0.1, 0.15) is 9.67 Å². The molecule has 76 valence electrons. The molecule has 3 nitrogen and oxygen atoms in total. The minimum absolute atomic E-state index is 0.255. The second kappa shape index (κ2) is 4.12. The van der Waals surface area contributed by atoms with E-state index in [2.05, 4.69) is 20.9 Å². The van der Waals surface area contributed by atoms with Crippen LogP contribution in [0.5, 0.6) is 0 Å². The molecule has 0 aliphatic rings. The van der Waals surface area contributed by atoms with E-state index in [4.69, 9.17) is 5.11 Å². The number of aromatic nitrogens is 1. The van der Waals surface area contributed by atoms with E-state index in [9.17, 15) is 4.79 Å². The molecule has 5 heteroatoms. The van der Waals surface area contributed by atoms with Crippen LogP contribution in [0.15, 0.2) is 34.9 Å². The van der Waals surface area contributed by atoms with Gasteiger partial charge in [0.2, 0.25) is 0 Å². The lowest BCUT2D eigenvalue weighted by atomic mass is 10.2. The molecule has 0 spiro atoms. The van der Waals surface area contributed by atoms with Gasteiger partial charge >= 0.3 is 5.97 Å². The number of thiazole rings is 1. The molecule has 15 heavy (non-hydrogen) atoms. The third kappa shape index (κ3) is 2.24.